The molecule has 0 saturated carbocycles. The zero-order valence-electron chi connectivity index (χ0n) is 12.2. The molecule has 0 fully saturated rings. The summed E-state index contributed by atoms with van der Waals surface area (Å²) < 4.78 is 47.0. The topological polar surface area (TPSA) is 30.5 Å². The van der Waals surface area contributed by atoms with Crippen LogP contribution in [0.5, 0.6) is 5.75 Å². The number of methoxy groups -OCH3 is 1. The Kier molecular flexibility index (Phi) is 6.96. The molecule has 7 heteroatoms. The van der Waals surface area contributed by atoms with Gasteiger partial charge in [-0.15, -0.1) is 0 Å². The molecule has 0 spiro atoms. The third-order valence-electron chi connectivity index (χ3n) is 3.05. The molecule has 0 heterocycles. The first kappa shape index (κ1) is 18.3. The number of alkyl halides is 3. The Morgan fingerprint density at radius 2 is 2.00 bits per heavy atom. The first-order valence-corrected chi connectivity index (χ1v) is 7.23. The van der Waals surface area contributed by atoms with Crippen LogP contribution in [0.1, 0.15) is 23.6 Å². The summed E-state index contributed by atoms with van der Waals surface area (Å²) in [5, 5.41) is 3.08. The third-order valence-corrected chi connectivity index (χ3v) is 3.91. The second kappa shape index (κ2) is 8.00. The highest BCUT2D eigenvalue weighted by molar-refractivity contribution is 9.10. The van der Waals surface area contributed by atoms with Crippen molar-refractivity contribution in [2.75, 3.05) is 27.4 Å². The van der Waals surface area contributed by atoms with Crippen molar-refractivity contribution >= 4 is 15.9 Å². The maximum Gasteiger partial charge on any atom is 0.411 e. The number of benzene rings is 1. The third kappa shape index (κ3) is 5.84. The van der Waals surface area contributed by atoms with Gasteiger partial charge in [-0.1, -0.05) is 15.9 Å². The minimum absolute atomic E-state index is 0.0136. The Bertz CT molecular complexity index is 466. The van der Waals surface area contributed by atoms with Crippen LogP contribution in [0.2, 0.25) is 0 Å². The Hall–Kier alpha value is -0.790. The highest BCUT2D eigenvalue weighted by atomic mass is 79.9. The van der Waals surface area contributed by atoms with E-state index in [9.17, 15) is 13.2 Å². The van der Waals surface area contributed by atoms with E-state index in [-0.39, 0.29) is 12.6 Å². The summed E-state index contributed by atoms with van der Waals surface area (Å²) in [5.74, 6) is 0.700. The first-order valence-electron chi connectivity index (χ1n) is 6.44. The quantitative estimate of drug-likeness (QED) is 0.737. The number of hydrogen-bond acceptors (Lipinski definition) is 3. The van der Waals surface area contributed by atoms with E-state index in [0.29, 0.717) is 12.2 Å². The van der Waals surface area contributed by atoms with Gasteiger partial charge in [0.15, 0.2) is 0 Å². The van der Waals surface area contributed by atoms with E-state index in [0.717, 1.165) is 15.6 Å². The van der Waals surface area contributed by atoms with Crippen LogP contribution in [-0.4, -0.2) is 33.5 Å². The van der Waals surface area contributed by atoms with Gasteiger partial charge in [-0.3, -0.25) is 0 Å². The zero-order chi connectivity index (χ0) is 16.0. The molecule has 21 heavy (non-hydrogen) atoms. The molecule has 1 unspecified atom stereocenters. The van der Waals surface area contributed by atoms with Gasteiger partial charge in [-0.2, -0.15) is 13.2 Å². The van der Waals surface area contributed by atoms with E-state index >= 15 is 0 Å². The van der Waals surface area contributed by atoms with Crippen LogP contribution in [0.3, 0.4) is 0 Å². The summed E-state index contributed by atoms with van der Waals surface area (Å²) in [4.78, 5) is 0. The number of rotatable bonds is 7. The Balaban J connectivity index is 2.74. The molecule has 1 aromatic carbocycles. The molecule has 1 rings (SSSR count). The van der Waals surface area contributed by atoms with Crippen LogP contribution in [0.25, 0.3) is 0 Å². The van der Waals surface area contributed by atoms with Crippen molar-refractivity contribution in [3.8, 4) is 5.75 Å². The molecule has 1 N–H and O–H groups in total. The van der Waals surface area contributed by atoms with Crippen molar-refractivity contribution in [2.24, 2.45) is 0 Å². The maximum atomic E-state index is 12.0. The summed E-state index contributed by atoms with van der Waals surface area (Å²) in [6.07, 6.45) is -3.88. The lowest BCUT2D eigenvalue weighted by molar-refractivity contribution is -0.174. The fraction of sp³-hybridized carbons (Fsp3) is 0.571. The van der Waals surface area contributed by atoms with Crippen LogP contribution in [0, 0.1) is 6.92 Å². The lowest BCUT2D eigenvalue weighted by Gasteiger charge is -2.20. The number of nitrogens with one attached hydrogen (secondary N) is 1. The average Bonchev–Trinajstić information content (AvgIpc) is 2.40. The predicted octanol–water partition coefficient (Wildman–Crippen LogP) is 4.00. The molecule has 0 aromatic heterocycles. The number of aryl methyl sites for hydroxylation is 1. The van der Waals surface area contributed by atoms with Crippen molar-refractivity contribution in [3.05, 3.63) is 27.7 Å². The van der Waals surface area contributed by atoms with Crippen molar-refractivity contribution in [1.29, 1.82) is 0 Å². The number of halogens is 4. The van der Waals surface area contributed by atoms with Crippen LogP contribution >= 0.6 is 15.9 Å². The molecule has 0 aliphatic heterocycles. The zero-order valence-corrected chi connectivity index (χ0v) is 13.8. The van der Waals surface area contributed by atoms with E-state index in [1.807, 2.05) is 19.1 Å². The fourth-order valence-corrected chi connectivity index (χ4v) is 2.33. The standard InChI is InChI=1S/C14H19BrF3NO2/c1-9-6-13(20-3)10(7-11(9)15)12(19-2)4-5-21-8-14(16,17)18/h6-7,12,19H,4-5,8H2,1-3H3. The normalized spacial score (nSPS) is 13.3. The second-order valence-electron chi connectivity index (χ2n) is 4.64. The van der Waals surface area contributed by atoms with Gasteiger partial charge in [-0.05, 0) is 38.1 Å². The molecular formula is C14H19BrF3NO2. The van der Waals surface area contributed by atoms with Gasteiger partial charge < -0.3 is 14.8 Å². The highest BCUT2D eigenvalue weighted by Gasteiger charge is 2.27. The predicted molar refractivity (Wildman–Crippen MR) is 78.7 cm³/mol. The molecule has 1 atom stereocenters. The van der Waals surface area contributed by atoms with Crippen molar-refractivity contribution < 1.29 is 22.6 Å². The van der Waals surface area contributed by atoms with Crippen LogP contribution in [0.4, 0.5) is 13.2 Å². The van der Waals surface area contributed by atoms with E-state index in [4.69, 9.17) is 4.74 Å². The summed E-state index contributed by atoms with van der Waals surface area (Å²) in [6, 6.07) is 3.66. The van der Waals surface area contributed by atoms with Gasteiger partial charge in [0, 0.05) is 22.7 Å². The minimum Gasteiger partial charge on any atom is -0.496 e. The van der Waals surface area contributed by atoms with Gasteiger partial charge >= 0.3 is 6.18 Å². The summed E-state index contributed by atoms with van der Waals surface area (Å²) >= 11 is 3.45. The first-order chi connectivity index (χ1) is 9.78. The van der Waals surface area contributed by atoms with Crippen LogP contribution < -0.4 is 10.1 Å². The molecule has 0 radical (unpaired) electrons. The number of hydrogen-bond donors (Lipinski definition) is 1. The average molecular weight is 370 g/mol. The Morgan fingerprint density at radius 3 is 2.52 bits per heavy atom. The fourth-order valence-electron chi connectivity index (χ4n) is 1.96. The Morgan fingerprint density at radius 1 is 1.33 bits per heavy atom. The lowest BCUT2D eigenvalue weighted by Crippen LogP contribution is -2.22. The van der Waals surface area contributed by atoms with Gasteiger partial charge in [0.1, 0.15) is 12.4 Å². The van der Waals surface area contributed by atoms with E-state index < -0.39 is 12.8 Å². The van der Waals surface area contributed by atoms with E-state index in [2.05, 4.69) is 26.0 Å². The smallest absolute Gasteiger partial charge is 0.411 e. The van der Waals surface area contributed by atoms with E-state index in [1.165, 1.54) is 0 Å². The molecule has 0 aliphatic carbocycles. The SMILES string of the molecule is CNC(CCOCC(F)(F)F)c1cc(Br)c(C)cc1OC. The summed E-state index contributed by atoms with van der Waals surface area (Å²) in [5.41, 5.74) is 1.91. The minimum atomic E-state index is -4.29. The molecular weight excluding hydrogens is 351 g/mol. The molecule has 3 nitrogen and oxygen atoms in total. The molecule has 0 bridgehead atoms. The molecule has 0 aliphatic rings. The molecule has 0 saturated heterocycles. The summed E-state index contributed by atoms with van der Waals surface area (Å²) in [7, 11) is 3.32. The lowest BCUT2D eigenvalue weighted by atomic mass is 10.0. The maximum absolute atomic E-state index is 12.0. The van der Waals surface area contributed by atoms with Gasteiger partial charge in [0.25, 0.3) is 0 Å². The number of ether oxygens (including phenoxy) is 2. The molecule has 120 valence electrons. The Labute approximate surface area is 130 Å². The van der Waals surface area contributed by atoms with Crippen molar-refractivity contribution in [3.63, 3.8) is 0 Å². The molecule has 1 aromatic rings. The van der Waals surface area contributed by atoms with Crippen molar-refractivity contribution in [1.82, 2.24) is 5.32 Å². The monoisotopic (exact) mass is 369 g/mol. The molecule has 0 amide bonds. The van der Waals surface area contributed by atoms with Gasteiger partial charge in [0.2, 0.25) is 0 Å². The van der Waals surface area contributed by atoms with Gasteiger partial charge in [0.05, 0.1) is 7.11 Å². The second-order valence-corrected chi connectivity index (χ2v) is 5.50. The largest absolute Gasteiger partial charge is 0.496 e. The van der Waals surface area contributed by atoms with Crippen LogP contribution in [-0.2, 0) is 4.74 Å². The van der Waals surface area contributed by atoms with Crippen LogP contribution in [0.15, 0.2) is 16.6 Å². The van der Waals surface area contributed by atoms with Gasteiger partial charge in [-0.25, -0.2) is 0 Å². The van der Waals surface area contributed by atoms with E-state index in [1.54, 1.807) is 14.2 Å². The van der Waals surface area contributed by atoms with Crippen molar-refractivity contribution in [2.45, 2.75) is 25.6 Å². The highest BCUT2D eigenvalue weighted by Crippen LogP contribution is 2.32. The summed E-state index contributed by atoms with van der Waals surface area (Å²) in [6.45, 7) is 0.731.